The zero-order valence-electron chi connectivity index (χ0n) is 11.8. The summed E-state index contributed by atoms with van der Waals surface area (Å²) < 4.78 is 5.41. The van der Waals surface area contributed by atoms with E-state index in [1.54, 1.807) is 7.11 Å². The minimum Gasteiger partial charge on any atom is -0.495 e. The number of unbranched alkanes of at least 4 members (excludes halogenated alkanes) is 1. The first-order valence-electron chi connectivity index (χ1n) is 7.09. The third-order valence-corrected chi connectivity index (χ3v) is 3.56. The Labute approximate surface area is 116 Å². The average molecular weight is 257 g/mol. The molecule has 0 aromatic heterocycles. The van der Waals surface area contributed by atoms with Crippen molar-refractivity contribution >= 4 is 5.69 Å². The van der Waals surface area contributed by atoms with Gasteiger partial charge in [0.15, 0.2) is 0 Å². The van der Waals surface area contributed by atoms with Gasteiger partial charge in [-0.05, 0) is 18.6 Å². The molecule has 0 aliphatic heterocycles. The van der Waals surface area contributed by atoms with E-state index in [1.807, 2.05) is 18.2 Å². The summed E-state index contributed by atoms with van der Waals surface area (Å²) in [6.45, 7) is 2.24. The molecule has 1 atom stereocenters. The Kier molecular flexibility index (Phi) is 5.08. The maximum Gasteiger partial charge on any atom is 0.141 e. The van der Waals surface area contributed by atoms with Crippen LogP contribution in [0.5, 0.6) is 5.75 Å². The molecule has 0 spiro atoms. The first kappa shape index (κ1) is 13.7. The lowest BCUT2D eigenvalue weighted by atomic mass is 9.96. The second kappa shape index (κ2) is 7.03. The molecular weight excluding hydrogens is 234 g/mol. The number of benzene rings is 1. The minimum atomic E-state index is 0.436. The highest BCUT2D eigenvalue weighted by Crippen LogP contribution is 2.28. The summed E-state index contributed by atoms with van der Waals surface area (Å²) in [5.41, 5.74) is 1.08. The number of methoxy groups -OCH3 is 1. The molecule has 1 unspecified atom stereocenters. The van der Waals surface area contributed by atoms with Gasteiger partial charge in [0.25, 0.3) is 0 Å². The fourth-order valence-corrected chi connectivity index (χ4v) is 2.47. The van der Waals surface area contributed by atoms with Crippen LogP contribution in [0.1, 0.15) is 26.2 Å². The molecule has 1 aliphatic carbocycles. The topological polar surface area (TPSA) is 21.3 Å². The SMILES string of the molecule is CCCCC(Nc1ccccc1OC)C1C=CC=C1. The molecule has 2 rings (SSSR count). The standard InChI is InChI=1S/C17H23NO/c1-3-4-11-15(14-9-5-6-10-14)18-16-12-7-8-13-17(16)19-2/h5-10,12-15,18H,3-4,11H2,1-2H3. The van der Waals surface area contributed by atoms with Crippen molar-refractivity contribution in [3.8, 4) is 5.75 Å². The number of nitrogens with one attached hydrogen (secondary N) is 1. The fraction of sp³-hybridized carbons (Fsp3) is 0.412. The van der Waals surface area contributed by atoms with E-state index in [0.29, 0.717) is 12.0 Å². The second-order valence-electron chi connectivity index (χ2n) is 4.94. The summed E-state index contributed by atoms with van der Waals surface area (Å²) in [7, 11) is 1.72. The van der Waals surface area contributed by atoms with Gasteiger partial charge in [0.2, 0.25) is 0 Å². The van der Waals surface area contributed by atoms with Crippen LogP contribution in [0.25, 0.3) is 0 Å². The van der Waals surface area contributed by atoms with Crippen molar-refractivity contribution < 1.29 is 4.74 Å². The Bertz CT molecular complexity index is 438. The summed E-state index contributed by atoms with van der Waals surface area (Å²) in [6, 6.07) is 8.56. The molecule has 19 heavy (non-hydrogen) atoms. The van der Waals surface area contributed by atoms with Crippen LogP contribution in [0.2, 0.25) is 0 Å². The molecule has 0 saturated heterocycles. The summed E-state index contributed by atoms with van der Waals surface area (Å²) in [5.74, 6) is 1.39. The van der Waals surface area contributed by atoms with Gasteiger partial charge in [0, 0.05) is 12.0 Å². The Hall–Kier alpha value is -1.70. The number of anilines is 1. The third-order valence-electron chi connectivity index (χ3n) is 3.56. The highest BCUT2D eigenvalue weighted by molar-refractivity contribution is 5.57. The summed E-state index contributed by atoms with van der Waals surface area (Å²) in [4.78, 5) is 0. The van der Waals surface area contributed by atoms with Crippen molar-refractivity contribution in [2.24, 2.45) is 5.92 Å². The molecule has 1 aromatic carbocycles. The number of ether oxygens (including phenoxy) is 1. The molecule has 0 fully saturated rings. The predicted octanol–water partition coefficient (Wildman–Crippen LogP) is 4.41. The first-order valence-corrected chi connectivity index (χ1v) is 7.09. The van der Waals surface area contributed by atoms with Gasteiger partial charge in [0.05, 0.1) is 12.8 Å². The highest BCUT2D eigenvalue weighted by Gasteiger charge is 2.19. The van der Waals surface area contributed by atoms with Gasteiger partial charge in [-0.25, -0.2) is 0 Å². The molecular formula is C17H23NO. The first-order chi connectivity index (χ1) is 9.35. The van der Waals surface area contributed by atoms with Crippen molar-refractivity contribution in [2.45, 2.75) is 32.2 Å². The summed E-state index contributed by atoms with van der Waals surface area (Å²) >= 11 is 0. The third kappa shape index (κ3) is 3.63. The lowest BCUT2D eigenvalue weighted by Crippen LogP contribution is -2.26. The fourth-order valence-electron chi connectivity index (χ4n) is 2.47. The van der Waals surface area contributed by atoms with Crippen LogP contribution in [0, 0.1) is 5.92 Å². The monoisotopic (exact) mass is 257 g/mol. The summed E-state index contributed by atoms with van der Waals surface area (Å²) in [5, 5.41) is 3.65. The molecule has 1 aromatic rings. The number of rotatable bonds is 7. The smallest absolute Gasteiger partial charge is 0.141 e. The van der Waals surface area contributed by atoms with E-state index in [1.165, 1.54) is 19.3 Å². The Balaban J connectivity index is 2.10. The molecule has 2 heteroatoms. The van der Waals surface area contributed by atoms with Crippen LogP contribution < -0.4 is 10.1 Å². The lowest BCUT2D eigenvalue weighted by molar-refractivity contribution is 0.415. The van der Waals surface area contributed by atoms with Crippen molar-refractivity contribution in [1.82, 2.24) is 0 Å². The van der Waals surface area contributed by atoms with Crippen molar-refractivity contribution in [3.05, 3.63) is 48.6 Å². The molecule has 1 N–H and O–H groups in total. The number of allylic oxidation sites excluding steroid dienone is 2. The maximum absolute atomic E-state index is 5.41. The Morgan fingerprint density at radius 2 is 1.95 bits per heavy atom. The van der Waals surface area contributed by atoms with Crippen LogP contribution in [0.3, 0.4) is 0 Å². The maximum atomic E-state index is 5.41. The quantitative estimate of drug-likeness (QED) is 0.781. The van der Waals surface area contributed by atoms with E-state index in [2.05, 4.69) is 42.6 Å². The number of hydrogen-bond acceptors (Lipinski definition) is 2. The molecule has 0 amide bonds. The normalized spacial score (nSPS) is 15.7. The number of para-hydroxylation sites is 2. The lowest BCUT2D eigenvalue weighted by Gasteiger charge is -2.24. The van der Waals surface area contributed by atoms with E-state index < -0.39 is 0 Å². The largest absolute Gasteiger partial charge is 0.495 e. The van der Waals surface area contributed by atoms with Crippen LogP contribution in [0.4, 0.5) is 5.69 Å². The molecule has 0 saturated carbocycles. The van der Waals surface area contributed by atoms with E-state index in [0.717, 1.165) is 11.4 Å². The molecule has 0 bridgehead atoms. The van der Waals surface area contributed by atoms with Crippen LogP contribution >= 0.6 is 0 Å². The van der Waals surface area contributed by atoms with Gasteiger partial charge < -0.3 is 10.1 Å². The van der Waals surface area contributed by atoms with Crippen molar-refractivity contribution in [3.63, 3.8) is 0 Å². The van der Waals surface area contributed by atoms with Gasteiger partial charge >= 0.3 is 0 Å². The molecule has 0 radical (unpaired) electrons. The van der Waals surface area contributed by atoms with Crippen LogP contribution in [-0.4, -0.2) is 13.2 Å². The Morgan fingerprint density at radius 3 is 2.63 bits per heavy atom. The number of hydrogen-bond donors (Lipinski definition) is 1. The zero-order valence-corrected chi connectivity index (χ0v) is 11.8. The molecule has 2 nitrogen and oxygen atoms in total. The van der Waals surface area contributed by atoms with Crippen LogP contribution in [-0.2, 0) is 0 Å². The van der Waals surface area contributed by atoms with Gasteiger partial charge in [-0.2, -0.15) is 0 Å². The van der Waals surface area contributed by atoms with Crippen LogP contribution in [0.15, 0.2) is 48.6 Å². The Morgan fingerprint density at radius 1 is 1.21 bits per heavy atom. The van der Waals surface area contributed by atoms with Gasteiger partial charge in [-0.1, -0.05) is 56.2 Å². The average Bonchev–Trinajstić information content (AvgIpc) is 2.98. The van der Waals surface area contributed by atoms with E-state index in [-0.39, 0.29) is 0 Å². The molecule has 1 aliphatic rings. The zero-order chi connectivity index (χ0) is 13.5. The molecule has 102 valence electrons. The second-order valence-corrected chi connectivity index (χ2v) is 4.94. The van der Waals surface area contributed by atoms with E-state index in [4.69, 9.17) is 4.74 Å². The molecule has 0 heterocycles. The van der Waals surface area contributed by atoms with E-state index >= 15 is 0 Å². The van der Waals surface area contributed by atoms with Crippen molar-refractivity contribution in [1.29, 1.82) is 0 Å². The summed E-state index contributed by atoms with van der Waals surface area (Å²) in [6.07, 6.45) is 12.4. The highest BCUT2D eigenvalue weighted by atomic mass is 16.5. The van der Waals surface area contributed by atoms with Gasteiger partial charge in [-0.3, -0.25) is 0 Å². The van der Waals surface area contributed by atoms with E-state index in [9.17, 15) is 0 Å². The minimum absolute atomic E-state index is 0.436. The van der Waals surface area contributed by atoms with Gasteiger partial charge in [-0.15, -0.1) is 0 Å². The van der Waals surface area contributed by atoms with Gasteiger partial charge in [0.1, 0.15) is 5.75 Å². The van der Waals surface area contributed by atoms with Crippen molar-refractivity contribution in [2.75, 3.05) is 12.4 Å². The predicted molar refractivity (Wildman–Crippen MR) is 81.7 cm³/mol.